The molecule has 2 rings (SSSR count). The number of likely N-dealkylation sites (tertiary alicyclic amines) is 1. The second-order valence-electron chi connectivity index (χ2n) is 7.12. The van der Waals surface area contributed by atoms with Crippen LogP contribution in [0.5, 0.6) is 0 Å². The van der Waals surface area contributed by atoms with Gasteiger partial charge < -0.3 is 15.4 Å². The number of nitrogens with zero attached hydrogens (tertiary/aromatic N) is 2. The van der Waals surface area contributed by atoms with Crippen molar-refractivity contribution >= 4 is 29.9 Å². The van der Waals surface area contributed by atoms with Gasteiger partial charge in [0.2, 0.25) is 0 Å². The molecule has 0 spiro atoms. The first kappa shape index (κ1) is 24.2. The zero-order valence-electron chi connectivity index (χ0n) is 17.2. The van der Waals surface area contributed by atoms with Gasteiger partial charge in [0.1, 0.15) is 0 Å². The molecule has 1 aromatic rings. The molecule has 6 heteroatoms. The van der Waals surface area contributed by atoms with E-state index >= 15 is 0 Å². The molecule has 0 aliphatic carbocycles. The second kappa shape index (κ2) is 14.2. The average Bonchev–Trinajstić information content (AvgIpc) is 2.64. The standard InChI is InChI=1S/C21H36N4O.HI/c1-4-22-21(23-12-14-26-5-2)24-15-19-8-10-20(11-9-19)17-25-13-6-7-18(3)16-25;/h8-11,18H,4-7,12-17H2,1-3H3,(H2,22,23,24);1H. The lowest BCUT2D eigenvalue weighted by molar-refractivity contribution is 0.152. The van der Waals surface area contributed by atoms with E-state index in [1.165, 1.54) is 37.1 Å². The molecule has 0 saturated carbocycles. The van der Waals surface area contributed by atoms with Gasteiger partial charge >= 0.3 is 0 Å². The summed E-state index contributed by atoms with van der Waals surface area (Å²) in [7, 11) is 0. The highest BCUT2D eigenvalue weighted by Crippen LogP contribution is 2.18. The van der Waals surface area contributed by atoms with E-state index < -0.39 is 0 Å². The van der Waals surface area contributed by atoms with Crippen molar-refractivity contribution in [1.29, 1.82) is 0 Å². The molecule has 0 aromatic heterocycles. The molecule has 0 bridgehead atoms. The minimum absolute atomic E-state index is 0. The molecular weight excluding hydrogens is 451 g/mol. The molecule has 2 N–H and O–H groups in total. The summed E-state index contributed by atoms with van der Waals surface area (Å²) in [5.41, 5.74) is 2.64. The van der Waals surface area contributed by atoms with E-state index in [4.69, 9.17) is 4.74 Å². The number of rotatable bonds is 9. The monoisotopic (exact) mass is 488 g/mol. The number of benzene rings is 1. The Labute approximate surface area is 182 Å². The summed E-state index contributed by atoms with van der Waals surface area (Å²) in [4.78, 5) is 7.24. The van der Waals surface area contributed by atoms with Crippen LogP contribution < -0.4 is 10.6 Å². The molecule has 1 aliphatic rings. The maximum Gasteiger partial charge on any atom is 0.191 e. The van der Waals surface area contributed by atoms with Crippen LogP contribution >= 0.6 is 24.0 Å². The van der Waals surface area contributed by atoms with Crippen LogP contribution in [0.15, 0.2) is 29.3 Å². The Hall–Kier alpha value is -0.860. The summed E-state index contributed by atoms with van der Waals surface area (Å²) in [5.74, 6) is 1.68. The summed E-state index contributed by atoms with van der Waals surface area (Å²) in [6.45, 7) is 13.7. The smallest absolute Gasteiger partial charge is 0.191 e. The summed E-state index contributed by atoms with van der Waals surface area (Å²) in [5, 5.41) is 6.58. The fourth-order valence-electron chi connectivity index (χ4n) is 3.34. The Bertz CT molecular complexity index is 535. The molecule has 1 aromatic carbocycles. The highest BCUT2D eigenvalue weighted by molar-refractivity contribution is 14.0. The lowest BCUT2D eigenvalue weighted by Crippen LogP contribution is -2.39. The zero-order chi connectivity index (χ0) is 18.6. The van der Waals surface area contributed by atoms with Crippen LogP contribution in [0.1, 0.15) is 44.7 Å². The molecule has 27 heavy (non-hydrogen) atoms. The van der Waals surface area contributed by atoms with Gasteiger partial charge in [-0.1, -0.05) is 31.2 Å². The molecule has 5 nitrogen and oxygen atoms in total. The number of hydrogen-bond acceptors (Lipinski definition) is 3. The maximum absolute atomic E-state index is 5.36. The van der Waals surface area contributed by atoms with Crippen molar-refractivity contribution < 1.29 is 4.74 Å². The van der Waals surface area contributed by atoms with Crippen LogP contribution in [-0.4, -0.2) is 50.3 Å². The number of guanidine groups is 1. The van der Waals surface area contributed by atoms with Gasteiger partial charge in [0.15, 0.2) is 5.96 Å². The molecule has 1 heterocycles. The number of halogens is 1. The van der Waals surface area contributed by atoms with Crippen LogP contribution in [0, 0.1) is 5.92 Å². The summed E-state index contributed by atoms with van der Waals surface area (Å²) in [6, 6.07) is 8.91. The normalized spacial score (nSPS) is 18.0. The van der Waals surface area contributed by atoms with Crippen LogP contribution in [0.2, 0.25) is 0 Å². The Kier molecular flexibility index (Phi) is 12.7. The molecule has 1 aliphatic heterocycles. The van der Waals surface area contributed by atoms with Crippen molar-refractivity contribution in [3.8, 4) is 0 Å². The largest absolute Gasteiger partial charge is 0.380 e. The van der Waals surface area contributed by atoms with E-state index in [2.05, 4.69) is 58.6 Å². The van der Waals surface area contributed by atoms with Gasteiger partial charge in [-0.3, -0.25) is 4.90 Å². The minimum Gasteiger partial charge on any atom is -0.380 e. The van der Waals surface area contributed by atoms with Gasteiger partial charge in [0.05, 0.1) is 13.2 Å². The van der Waals surface area contributed by atoms with E-state index in [1.54, 1.807) is 0 Å². The Morgan fingerprint density at radius 2 is 1.93 bits per heavy atom. The number of nitrogens with one attached hydrogen (secondary N) is 2. The van der Waals surface area contributed by atoms with Crippen molar-refractivity contribution in [1.82, 2.24) is 15.5 Å². The van der Waals surface area contributed by atoms with E-state index in [9.17, 15) is 0 Å². The zero-order valence-corrected chi connectivity index (χ0v) is 19.5. The predicted octanol–water partition coefficient (Wildman–Crippen LogP) is 3.63. The number of aliphatic imine (C=N–C) groups is 1. The fraction of sp³-hybridized carbons (Fsp3) is 0.667. The van der Waals surface area contributed by atoms with E-state index in [0.29, 0.717) is 13.2 Å². The molecule has 154 valence electrons. The highest BCUT2D eigenvalue weighted by atomic mass is 127. The highest BCUT2D eigenvalue weighted by Gasteiger charge is 2.15. The SMILES string of the molecule is CCNC(=NCc1ccc(CN2CCCC(C)C2)cc1)NCCOCC.I. The van der Waals surface area contributed by atoms with Gasteiger partial charge in [-0.15, -0.1) is 24.0 Å². The molecule has 0 amide bonds. The summed E-state index contributed by atoms with van der Waals surface area (Å²) in [6.07, 6.45) is 2.71. The van der Waals surface area contributed by atoms with Crippen molar-refractivity contribution in [2.24, 2.45) is 10.9 Å². The third-order valence-electron chi connectivity index (χ3n) is 4.68. The van der Waals surface area contributed by atoms with Crippen molar-refractivity contribution in [2.45, 2.75) is 46.7 Å². The lowest BCUT2D eigenvalue weighted by atomic mass is 9.99. The van der Waals surface area contributed by atoms with E-state index in [-0.39, 0.29) is 24.0 Å². The Morgan fingerprint density at radius 1 is 1.19 bits per heavy atom. The van der Waals surface area contributed by atoms with E-state index in [1.807, 2.05) is 6.92 Å². The first-order valence-corrected chi connectivity index (χ1v) is 10.1. The number of ether oxygens (including phenoxy) is 1. The molecule has 1 atom stereocenters. The van der Waals surface area contributed by atoms with Gasteiger partial charge in [-0.25, -0.2) is 4.99 Å². The molecule has 1 unspecified atom stereocenters. The Balaban J connectivity index is 0.00000364. The average molecular weight is 488 g/mol. The molecule has 1 fully saturated rings. The van der Waals surface area contributed by atoms with Crippen LogP contribution in [0.3, 0.4) is 0 Å². The summed E-state index contributed by atoms with van der Waals surface area (Å²) < 4.78 is 5.36. The van der Waals surface area contributed by atoms with Gasteiger partial charge in [-0.05, 0) is 50.3 Å². The first-order chi connectivity index (χ1) is 12.7. The molecular formula is C21H37IN4O. The molecule has 0 radical (unpaired) electrons. The maximum atomic E-state index is 5.36. The van der Waals surface area contributed by atoms with Crippen LogP contribution in [0.4, 0.5) is 0 Å². The van der Waals surface area contributed by atoms with Crippen LogP contribution in [0.25, 0.3) is 0 Å². The fourth-order valence-corrected chi connectivity index (χ4v) is 3.34. The lowest BCUT2D eigenvalue weighted by Gasteiger charge is -2.30. The quantitative estimate of drug-likeness (QED) is 0.241. The van der Waals surface area contributed by atoms with Gasteiger partial charge in [-0.2, -0.15) is 0 Å². The summed E-state index contributed by atoms with van der Waals surface area (Å²) >= 11 is 0. The first-order valence-electron chi connectivity index (χ1n) is 10.1. The minimum atomic E-state index is 0. The van der Waals surface area contributed by atoms with Crippen molar-refractivity contribution in [3.05, 3.63) is 35.4 Å². The number of piperidine rings is 1. The third-order valence-corrected chi connectivity index (χ3v) is 4.68. The van der Waals surface area contributed by atoms with Crippen molar-refractivity contribution in [3.63, 3.8) is 0 Å². The third kappa shape index (κ3) is 9.76. The second-order valence-corrected chi connectivity index (χ2v) is 7.12. The predicted molar refractivity (Wildman–Crippen MR) is 125 cm³/mol. The van der Waals surface area contributed by atoms with Gasteiger partial charge in [0, 0.05) is 32.8 Å². The van der Waals surface area contributed by atoms with Crippen molar-refractivity contribution in [2.75, 3.05) is 39.4 Å². The topological polar surface area (TPSA) is 48.9 Å². The number of hydrogen-bond donors (Lipinski definition) is 2. The van der Waals surface area contributed by atoms with Gasteiger partial charge in [0.25, 0.3) is 0 Å². The molecule has 1 saturated heterocycles. The van der Waals surface area contributed by atoms with E-state index in [0.717, 1.165) is 38.1 Å². The van der Waals surface area contributed by atoms with Crippen LogP contribution in [-0.2, 0) is 17.8 Å². The Morgan fingerprint density at radius 3 is 2.59 bits per heavy atom.